The van der Waals surface area contributed by atoms with Crippen LogP contribution in [0.3, 0.4) is 0 Å². The van der Waals surface area contributed by atoms with Gasteiger partial charge in [-0.2, -0.15) is 5.10 Å². The van der Waals surface area contributed by atoms with Gasteiger partial charge in [0.25, 0.3) is 17.2 Å². The van der Waals surface area contributed by atoms with Gasteiger partial charge in [0.05, 0.1) is 40.1 Å². The molecule has 4 aromatic rings. The number of para-hydroxylation sites is 1. The number of nitrogens with zero attached hydrogens (tertiary/aromatic N) is 4. The summed E-state index contributed by atoms with van der Waals surface area (Å²) in [5.41, 5.74) is 3.33. The number of fused-ring (bicyclic) bond motifs is 1. The lowest BCUT2D eigenvalue weighted by Crippen LogP contribution is -2.24. The first kappa shape index (κ1) is 25.9. The second-order valence-corrected chi connectivity index (χ2v) is 8.88. The predicted octanol–water partition coefficient (Wildman–Crippen LogP) is 4.59. The molecule has 0 aliphatic rings. The maximum absolute atomic E-state index is 13.3. The summed E-state index contributed by atoms with van der Waals surface area (Å²) >= 11 is 6.88. The minimum Gasteiger partial charge on any atom is -0.494 e. The van der Waals surface area contributed by atoms with Crippen LogP contribution in [0.25, 0.3) is 16.6 Å². The van der Waals surface area contributed by atoms with Gasteiger partial charge in [0.15, 0.2) is 5.16 Å². The fourth-order valence-electron chi connectivity index (χ4n) is 3.39. The molecule has 3 aromatic carbocycles. The molecule has 1 heterocycles. The van der Waals surface area contributed by atoms with Gasteiger partial charge < -0.3 is 4.74 Å². The summed E-state index contributed by atoms with van der Waals surface area (Å²) in [7, 11) is 0. The molecule has 12 heteroatoms. The van der Waals surface area contributed by atoms with Gasteiger partial charge in [-0.25, -0.2) is 10.4 Å². The predicted molar refractivity (Wildman–Crippen MR) is 143 cm³/mol. The van der Waals surface area contributed by atoms with Crippen molar-refractivity contribution in [2.45, 2.75) is 12.1 Å². The van der Waals surface area contributed by atoms with Crippen molar-refractivity contribution in [3.63, 3.8) is 0 Å². The van der Waals surface area contributed by atoms with Crippen molar-refractivity contribution in [1.82, 2.24) is 15.0 Å². The molecule has 0 bridgehead atoms. The van der Waals surface area contributed by atoms with E-state index in [1.807, 2.05) is 6.92 Å². The second kappa shape index (κ2) is 11.7. The van der Waals surface area contributed by atoms with Gasteiger partial charge in [-0.1, -0.05) is 41.6 Å². The van der Waals surface area contributed by atoms with Crippen LogP contribution in [0.5, 0.6) is 5.75 Å². The van der Waals surface area contributed by atoms with Crippen LogP contribution in [0.2, 0.25) is 5.02 Å². The first-order valence-corrected chi connectivity index (χ1v) is 12.4. The molecule has 0 unspecified atom stereocenters. The van der Waals surface area contributed by atoms with Crippen LogP contribution in [0.4, 0.5) is 5.69 Å². The van der Waals surface area contributed by atoms with Crippen molar-refractivity contribution in [2.75, 3.05) is 12.4 Å². The van der Waals surface area contributed by atoms with Crippen molar-refractivity contribution in [3.8, 4) is 11.4 Å². The fraction of sp³-hybridized carbons (Fsp3) is 0.120. The number of hydrogen-bond donors (Lipinski definition) is 1. The molecule has 1 aromatic heterocycles. The van der Waals surface area contributed by atoms with Crippen molar-refractivity contribution < 1.29 is 14.5 Å². The van der Waals surface area contributed by atoms with E-state index < -0.39 is 10.8 Å². The number of nitrogens with one attached hydrogen (secondary N) is 1. The van der Waals surface area contributed by atoms with Gasteiger partial charge in [0, 0.05) is 11.6 Å². The molecule has 4 rings (SSSR count). The van der Waals surface area contributed by atoms with Gasteiger partial charge in [-0.3, -0.25) is 24.3 Å². The molecule has 0 aliphatic heterocycles. The van der Waals surface area contributed by atoms with Crippen molar-refractivity contribution in [2.24, 2.45) is 5.10 Å². The van der Waals surface area contributed by atoms with E-state index in [2.05, 4.69) is 15.5 Å². The van der Waals surface area contributed by atoms with Crippen LogP contribution in [-0.2, 0) is 4.79 Å². The zero-order chi connectivity index (χ0) is 26.4. The molecule has 0 aliphatic carbocycles. The Hall–Kier alpha value is -4.22. The van der Waals surface area contributed by atoms with E-state index in [0.29, 0.717) is 39.7 Å². The molecule has 0 saturated heterocycles. The maximum atomic E-state index is 13.3. The van der Waals surface area contributed by atoms with Crippen LogP contribution in [0.1, 0.15) is 12.5 Å². The Morgan fingerprint density at radius 2 is 1.97 bits per heavy atom. The van der Waals surface area contributed by atoms with Gasteiger partial charge in [-0.15, -0.1) is 0 Å². The molecule has 0 spiro atoms. The SMILES string of the molecule is CCOc1ccc(-n2c(SCC(=O)NN=Cc3ccc(Cl)c([N+](=O)[O-])c3)nc3ccccc3c2=O)cc1. The highest BCUT2D eigenvalue weighted by molar-refractivity contribution is 7.99. The number of halogens is 1. The Morgan fingerprint density at radius 3 is 2.70 bits per heavy atom. The third-order valence-corrected chi connectivity index (χ3v) is 6.31. The molecule has 1 N–H and O–H groups in total. The summed E-state index contributed by atoms with van der Waals surface area (Å²) in [6, 6.07) is 18.2. The molecule has 37 heavy (non-hydrogen) atoms. The van der Waals surface area contributed by atoms with Gasteiger partial charge in [0.1, 0.15) is 10.8 Å². The number of amides is 1. The van der Waals surface area contributed by atoms with E-state index in [1.165, 1.54) is 29.0 Å². The Kier molecular flexibility index (Phi) is 8.16. The summed E-state index contributed by atoms with van der Waals surface area (Å²) < 4.78 is 6.94. The summed E-state index contributed by atoms with van der Waals surface area (Å²) in [5.74, 6) is 0.135. The Labute approximate surface area is 220 Å². The van der Waals surface area contributed by atoms with E-state index in [9.17, 15) is 19.7 Å². The average molecular weight is 538 g/mol. The number of hydrogen-bond acceptors (Lipinski definition) is 8. The van der Waals surface area contributed by atoms with E-state index in [0.717, 1.165) is 11.8 Å². The topological polar surface area (TPSA) is 129 Å². The molecular weight excluding hydrogens is 518 g/mol. The smallest absolute Gasteiger partial charge is 0.288 e. The number of ether oxygens (including phenoxy) is 1. The number of hydrazone groups is 1. The van der Waals surface area contributed by atoms with Crippen LogP contribution < -0.4 is 15.7 Å². The number of benzene rings is 3. The number of carbonyl (C=O) groups excluding carboxylic acids is 1. The number of carbonyl (C=O) groups is 1. The summed E-state index contributed by atoms with van der Waals surface area (Å²) in [6.07, 6.45) is 1.27. The average Bonchev–Trinajstić information content (AvgIpc) is 2.89. The second-order valence-electron chi connectivity index (χ2n) is 7.53. The fourth-order valence-corrected chi connectivity index (χ4v) is 4.38. The molecule has 0 saturated carbocycles. The van der Waals surface area contributed by atoms with Crippen LogP contribution in [0.15, 0.2) is 81.8 Å². The minimum atomic E-state index is -0.602. The number of aromatic nitrogens is 2. The van der Waals surface area contributed by atoms with Crippen LogP contribution in [0, 0.1) is 10.1 Å². The largest absolute Gasteiger partial charge is 0.494 e. The monoisotopic (exact) mass is 537 g/mol. The minimum absolute atomic E-state index is 0.00375. The third-order valence-electron chi connectivity index (χ3n) is 5.05. The number of rotatable bonds is 9. The summed E-state index contributed by atoms with van der Waals surface area (Å²) in [5, 5.41) is 15.7. The Bertz CT molecular complexity index is 1560. The van der Waals surface area contributed by atoms with Gasteiger partial charge in [-0.05, 0) is 49.4 Å². The molecule has 10 nitrogen and oxygen atoms in total. The molecular formula is C25H20ClN5O5S. The number of nitro groups is 1. The maximum Gasteiger partial charge on any atom is 0.288 e. The van der Waals surface area contributed by atoms with Gasteiger partial charge >= 0.3 is 0 Å². The summed E-state index contributed by atoms with van der Waals surface area (Å²) in [4.78, 5) is 40.8. The zero-order valence-corrected chi connectivity index (χ0v) is 21.0. The number of nitro benzene ring substituents is 1. The van der Waals surface area contributed by atoms with E-state index >= 15 is 0 Å². The molecule has 1 amide bonds. The van der Waals surface area contributed by atoms with E-state index in [1.54, 1.807) is 48.5 Å². The highest BCUT2D eigenvalue weighted by Gasteiger charge is 2.15. The quantitative estimate of drug-likeness (QED) is 0.109. The van der Waals surface area contributed by atoms with Crippen molar-refractivity contribution >= 4 is 52.1 Å². The normalized spacial score (nSPS) is 11.1. The van der Waals surface area contributed by atoms with E-state index in [-0.39, 0.29) is 22.0 Å². The Balaban J connectivity index is 1.53. The lowest BCUT2D eigenvalue weighted by Gasteiger charge is -2.13. The molecule has 0 radical (unpaired) electrons. The molecule has 0 atom stereocenters. The highest BCUT2D eigenvalue weighted by Crippen LogP contribution is 2.25. The molecule has 188 valence electrons. The van der Waals surface area contributed by atoms with Crippen molar-refractivity contribution in [1.29, 1.82) is 0 Å². The van der Waals surface area contributed by atoms with E-state index in [4.69, 9.17) is 16.3 Å². The third kappa shape index (κ3) is 6.13. The van der Waals surface area contributed by atoms with Crippen molar-refractivity contribution in [3.05, 3.63) is 97.8 Å². The lowest BCUT2D eigenvalue weighted by atomic mass is 10.2. The highest BCUT2D eigenvalue weighted by atomic mass is 35.5. The standard InChI is InChI=1S/C25H20ClN5O5S/c1-2-36-18-10-8-17(9-11-18)30-24(33)19-5-3-4-6-21(19)28-25(30)37-15-23(32)29-27-14-16-7-12-20(26)22(13-16)31(34)35/h3-14H,2,15H2,1H3,(H,29,32). The first-order chi connectivity index (χ1) is 17.9. The lowest BCUT2D eigenvalue weighted by molar-refractivity contribution is -0.384. The Morgan fingerprint density at radius 1 is 1.22 bits per heavy atom. The van der Waals surface area contributed by atoms with Gasteiger partial charge in [0.2, 0.25) is 0 Å². The summed E-state index contributed by atoms with van der Waals surface area (Å²) in [6.45, 7) is 2.40. The zero-order valence-electron chi connectivity index (χ0n) is 19.5. The number of thioether (sulfide) groups is 1. The van der Waals surface area contributed by atoms with Crippen LogP contribution >= 0.6 is 23.4 Å². The van der Waals surface area contributed by atoms with Crippen LogP contribution in [-0.4, -0.2) is 39.0 Å². The molecule has 0 fully saturated rings. The first-order valence-electron chi connectivity index (χ1n) is 11.0.